The molecule has 5 nitrogen and oxygen atoms in total. The molecule has 2 heterocycles. The average Bonchev–Trinajstić information content (AvgIpc) is 2.70. The molecule has 16 heavy (non-hydrogen) atoms. The Hall–Kier alpha value is -1.05. The predicted molar refractivity (Wildman–Crippen MR) is 55.8 cm³/mol. The Labute approximate surface area is 93.1 Å². The third-order valence-electron chi connectivity index (χ3n) is 2.36. The first-order valence-corrected chi connectivity index (χ1v) is 6.41. The second-order valence-corrected chi connectivity index (χ2v) is 5.23. The highest BCUT2D eigenvalue weighted by atomic mass is 32.2. The highest BCUT2D eigenvalue weighted by Crippen LogP contribution is 2.11. The number of hydrogen-bond acceptors (Lipinski definition) is 4. The van der Waals surface area contributed by atoms with Gasteiger partial charge in [0.15, 0.2) is 5.82 Å². The van der Waals surface area contributed by atoms with Crippen molar-refractivity contribution in [1.29, 1.82) is 0 Å². The minimum absolute atomic E-state index is 0.189. The fourth-order valence-electron chi connectivity index (χ4n) is 1.60. The van der Waals surface area contributed by atoms with E-state index in [9.17, 15) is 12.8 Å². The number of pyridine rings is 1. The lowest BCUT2D eigenvalue weighted by Crippen LogP contribution is -2.37. The molecule has 88 valence electrons. The smallest absolute Gasteiger partial charge is 0.261 e. The van der Waals surface area contributed by atoms with Crippen LogP contribution in [-0.4, -0.2) is 32.5 Å². The van der Waals surface area contributed by atoms with Crippen LogP contribution in [0.5, 0.6) is 0 Å². The molecule has 0 aromatic carbocycles. The standard InChI is InChI=1S/C9H12FN3O2S/c10-8-2-1-4-12-9(8)16(14,15)13-7-3-5-11-6-7/h1-2,4,7,11,13H,3,5-6H2/t7-/m0/s1. The van der Waals surface area contributed by atoms with Crippen LogP contribution in [0.15, 0.2) is 23.4 Å². The minimum Gasteiger partial charge on any atom is -0.315 e. The Morgan fingerprint density at radius 1 is 1.56 bits per heavy atom. The Balaban J connectivity index is 2.21. The van der Waals surface area contributed by atoms with Crippen molar-refractivity contribution < 1.29 is 12.8 Å². The second kappa shape index (κ2) is 4.44. The summed E-state index contributed by atoms with van der Waals surface area (Å²) in [5.74, 6) is -0.832. The van der Waals surface area contributed by atoms with Crippen LogP contribution in [0.4, 0.5) is 4.39 Å². The van der Waals surface area contributed by atoms with Crippen molar-refractivity contribution in [3.05, 3.63) is 24.1 Å². The molecule has 7 heteroatoms. The number of nitrogens with one attached hydrogen (secondary N) is 2. The molecule has 1 aliphatic rings. The van der Waals surface area contributed by atoms with Crippen LogP contribution in [0.2, 0.25) is 0 Å². The first-order chi connectivity index (χ1) is 7.59. The molecule has 1 aromatic heterocycles. The van der Waals surface area contributed by atoms with Crippen LogP contribution in [0.3, 0.4) is 0 Å². The zero-order chi connectivity index (χ0) is 11.6. The number of nitrogens with zero attached hydrogens (tertiary/aromatic N) is 1. The van der Waals surface area contributed by atoms with E-state index in [1.54, 1.807) is 0 Å². The van der Waals surface area contributed by atoms with Crippen LogP contribution in [-0.2, 0) is 10.0 Å². The summed E-state index contributed by atoms with van der Waals surface area (Å²) in [6, 6.07) is 2.24. The summed E-state index contributed by atoms with van der Waals surface area (Å²) < 4.78 is 39.2. The van der Waals surface area contributed by atoms with Gasteiger partial charge in [0.1, 0.15) is 0 Å². The molecule has 1 atom stereocenters. The maximum absolute atomic E-state index is 13.3. The number of sulfonamides is 1. The first-order valence-electron chi connectivity index (χ1n) is 4.93. The normalized spacial score (nSPS) is 21.2. The van der Waals surface area contributed by atoms with Crippen LogP contribution < -0.4 is 10.0 Å². The van der Waals surface area contributed by atoms with E-state index in [-0.39, 0.29) is 6.04 Å². The molecule has 0 radical (unpaired) electrons. The fourth-order valence-corrected chi connectivity index (χ4v) is 2.88. The molecule has 0 spiro atoms. The van der Waals surface area contributed by atoms with Gasteiger partial charge in [-0.2, -0.15) is 0 Å². The summed E-state index contributed by atoms with van der Waals surface area (Å²) in [5.41, 5.74) is 0. The van der Waals surface area contributed by atoms with Gasteiger partial charge in [-0.25, -0.2) is 22.5 Å². The Morgan fingerprint density at radius 2 is 2.38 bits per heavy atom. The lowest BCUT2D eigenvalue weighted by Gasteiger charge is -2.11. The number of hydrogen-bond donors (Lipinski definition) is 2. The highest BCUT2D eigenvalue weighted by Gasteiger charge is 2.25. The fraction of sp³-hybridized carbons (Fsp3) is 0.444. The molecule has 1 aromatic rings. The van der Waals surface area contributed by atoms with Crippen molar-refractivity contribution in [3.8, 4) is 0 Å². The zero-order valence-electron chi connectivity index (χ0n) is 8.48. The summed E-state index contributed by atoms with van der Waals surface area (Å²) in [6.45, 7) is 1.32. The Kier molecular flexibility index (Phi) is 3.17. The van der Waals surface area contributed by atoms with Crippen molar-refractivity contribution in [3.63, 3.8) is 0 Å². The molecule has 1 aliphatic heterocycles. The summed E-state index contributed by atoms with van der Waals surface area (Å²) in [7, 11) is -3.85. The van der Waals surface area contributed by atoms with E-state index in [2.05, 4.69) is 15.0 Å². The van der Waals surface area contributed by atoms with Gasteiger partial charge < -0.3 is 5.32 Å². The van der Waals surface area contributed by atoms with E-state index in [4.69, 9.17) is 0 Å². The Bertz CT molecular complexity index is 471. The SMILES string of the molecule is O=S(=O)(N[C@H]1CCNC1)c1ncccc1F. The summed E-state index contributed by atoms with van der Waals surface area (Å²) >= 11 is 0. The second-order valence-electron chi connectivity index (χ2n) is 3.60. The van der Waals surface area contributed by atoms with E-state index in [1.807, 2.05) is 0 Å². The van der Waals surface area contributed by atoms with Gasteiger partial charge in [0, 0.05) is 18.8 Å². The van der Waals surface area contributed by atoms with Crippen LogP contribution in [0, 0.1) is 5.82 Å². The zero-order valence-corrected chi connectivity index (χ0v) is 9.30. The quantitative estimate of drug-likeness (QED) is 0.777. The number of rotatable bonds is 3. The maximum Gasteiger partial charge on any atom is 0.261 e. The van der Waals surface area contributed by atoms with Crippen LogP contribution >= 0.6 is 0 Å². The molecule has 2 N–H and O–H groups in total. The van der Waals surface area contributed by atoms with Crippen molar-refractivity contribution in [2.75, 3.05) is 13.1 Å². The lowest BCUT2D eigenvalue weighted by molar-refractivity contribution is 0.532. The van der Waals surface area contributed by atoms with Gasteiger partial charge in [-0.15, -0.1) is 0 Å². The van der Waals surface area contributed by atoms with E-state index >= 15 is 0 Å². The van der Waals surface area contributed by atoms with E-state index in [0.717, 1.165) is 12.6 Å². The molecule has 0 saturated carbocycles. The number of aromatic nitrogens is 1. The molecule has 0 unspecified atom stereocenters. The topological polar surface area (TPSA) is 71.1 Å². The summed E-state index contributed by atoms with van der Waals surface area (Å²) in [4.78, 5) is 3.55. The summed E-state index contributed by atoms with van der Waals surface area (Å²) in [6.07, 6.45) is 1.96. The molecular formula is C9H12FN3O2S. The highest BCUT2D eigenvalue weighted by molar-refractivity contribution is 7.89. The number of halogens is 1. The molecule has 0 bridgehead atoms. The molecule has 0 aliphatic carbocycles. The molecule has 2 rings (SSSR count). The minimum atomic E-state index is -3.85. The van der Waals surface area contributed by atoms with Crippen LogP contribution in [0.25, 0.3) is 0 Å². The lowest BCUT2D eigenvalue weighted by atomic mass is 10.3. The third kappa shape index (κ3) is 2.37. The van der Waals surface area contributed by atoms with Crippen molar-refractivity contribution in [2.45, 2.75) is 17.5 Å². The molecular weight excluding hydrogens is 233 g/mol. The van der Waals surface area contributed by atoms with Gasteiger partial charge in [0.25, 0.3) is 10.0 Å². The van der Waals surface area contributed by atoms with Gasteiger partial charge in [-0.1, -0.05) is 0 Å². The molecule has 1 fully saturated rings. The Morgan fingerprint density at radius 3 is 3.00 bits per heavy atom. The van der Waals surface area contributed by atoms with Crippen molar-refractivity contribution in [2.24, 2.45) is 0 Å². The van der Waals surface area contributed by atoms with E-state index in [1.165, 1.54) is 12.3 Å². The van der Waals surface area contributed by atoms with E-state index < -0.39 is 20.9 Å². The first kappa shape index (κ1) is 11.4. The average molecular weight is 245 g/mol. The van der Waals surface area contributed by atoms with Crippen molar-refractivity contribution in [1.82, 2.24) is 15.0 Å². The molecule has 1 saturated heterocycles. The van der Waals surface area contributed by atoms with E-state index in [0.29, 0.717) is 13.0 Å². The summed E-state index contributed by atoms with van der Waals surface area (Å²) in [5, 5.41) is 2.48. The van der Waals surface area contributed by atoms with Gasteiger partial charge in [-0.05, 0) is 25.1 Å². The van der Waals surface area contributed by atoms with Gasteiger partial charge >= 0.3 is 0 Å². The van der Waals surface area contributed by atoms with Gasteiger partial charge in [-0.3, -0.25) is 0 Å². The largest absolute Gasteiger partial charge is 0.315 e. The predicted octanol–water partition coefficient (Wildman–Crippen LogP) is -0.139. The monoisotopic (exact) mass is 245 g/mol. The van der Waals surface area contributed by atoms with Crippen molar-refractivity contribution >= 4 is 10.0 Å². The van der Waals surface area contributed by atoms with Gasteiger partial charge in [0.2, 0.25) is 5.03 Å². The van der Waals surface area contributed by atoms with Crippen LogP contribution in [0.1, 0.15) is 6.42 Å². The maximum atomic E-state index is 13.3. The van der Waals surface area contributed by atoms with Gasteiger partial charge in [0.05, 0.1) is 0 Å². The third-order valence-corrected chi connectivity index (χ3v) is 3.81. The molecule has 0 amide bonds.